The molecule has 1 aliphatic carbocycles. The second kappa shape index (κ2) is 16.2. The topological polar surface area (TPSA) is 16.4 Å². The molecule has 0 spiro atoms. The van der Waals surface area contributed by atoms with Crippen molar-refractivity contribution in [3.8, 4) is 44.5 Å². The van der Waals surface area contributed by atoms with E-state index < -0.39 is 0 Å². The summed E-state index contributed by atoms with van der Waals surface area (Å²) < 4.78 is 6.42. The Morgan fingerprint density at radius 2 is 1.00 bits per heavy atom. The molecule has 0 amide bonds. The fourth-order valence-electron chi connectivity index (χ4n) is 10.6. The Bertz CT molecular complexity index is 3490. The molecule has 11 aromatic rings. The number of nitrogens with zero attached hydrogens (tertiary/aromatic N) is 1. The van der Waals surface area contributed by atoms with E-state index in [1.54, 1.807) is 0 Å². The Balaban J connectivity index is 1.12. The molecule has 10 aromatic carbocycles. The van der Waals surface area contributed by atoms with Gasteiger partial charge >= 0.3 is 0 Å². The summed E-state index contributed by atoms with van der Waals surface area (Å²) in [4.78, 5) is 2.53. The van der Waals surface area contributed by atoms with Gasteiger partial charge < -0.3 is 9.32 Å². The molecule has 12 rings (SSSR count). The van der Waals surface area contributed by atoms with E-state index in [4.69, 9.17) is 4.42 Å². The summed E-state index contributed by atoms with van der Waals surface area (Å²) in [5, 5.41) is 7.42. The van der Waals surface area contributed by atoms with E-state index >= 15 is 0 Å². The number of furan rings is 1. The molecule has 306 valence electrons. The van der Waals surface area contributed by atoms with Crippen LogP contribution in [0.1, 0.15) is 43.6 Å². The van der Waals surface area contributed by atoms with Gasteiger partial charge in [-0.2, -0.15) is 0 Å². The van der Waals surface area contributed by atoms with Crippen LogP contribution in [0, 0.1) is 0 Å². The first-order valence-electron chi connectivity index (χ1n) is 22.9. The predicted octanol–water partition coefficient (Wildman–Crippen LogP) is 18.1. The first-order valence-corrected chi connectivity index (χ1v) is 22.9. The fourth-order valence-corrected chi connectivity index (χ4v) is 10.6. The van der Waals surface area contributed by atoms with Crippen LogP contribution in [-0.4, -0.2) is 0 Å². The molecule has 1 heterocycles. The third-order valence-corrected chi connectivity index (χ3v) is 13.7. The van der Waals surface area contributed by atoms with E-state index in [9.17, 15) is 0 Å². The lowest BCUT2D eigenvalue weighted by atomic mass is 9.80. The molecule has 0 N–H and O–H groups in total. The molecule has 0 saturated heterocycles. The Labute approximate surface area is 374 Å². The normalized spacial score (nSPS) is 13.2. The number of rotatable bonds is 8. The van der Waals surface area contributed by atoms with Gasteiger partial charge in [0.25, 0.3) is 0 Å². The molecule has 1 aromatic heterocycles. The molecule has 2 nitrogen and oxygen atoms in total. The quantitative estimate of drug-likeness (QED) is 0.152. The van der Waals surface area contributed by atoms with E-state index in [2.05, 4.69) is 217 Å². The van der Waals surface area contributed by atoms with E-state index in [-0.39, 0.29) is 0 Å². The van der Waals surface area contributed by atoms with E-state index in [1.165, 1.54) is 87.0 Å². The largest absolute Gasteiger partial charge is 0.456 e. The lowest BCUT2D eigenvalue weighted by molar-refractivity contribution is 0.445. The molecule has 64 heavy (non-hydrogen) atoms. The SMILES string of the molecule is c1ccc(-c2ccc(-c3cccc4ccccc34)cc2N(c2cccc(-c3ccc4c(c3)oc3ccccc34)c2)c2ccccc2-c2cccc3cccc(C4CCCCC4)c23)cc1. The van der Waals surface area contributed by atoms with Crippen LogP contribution in [0.2, 0.25) is 0 Å². The van der Waals surface area contributed by atoms with Gasteiger partial charge in [0.15, 0.2) is 0 Å². The summed E-state index contributed by atoms with van der Waals surface area (Å²) in [6.07, 6.45) is 6.41. The fraction of sp³-hybridized carbons (Fsp3) is 0.0968. The molecule has 0 aliphatic heterocycles. The first-order chi connectivity index (χ1) is 31.7. The average molecular weight is 822 g/mol. The van der Waals surface area contributed by atoms with Crippen LogP contribution in [0.3, 0.4) is 0 Å². The minimum absolute atomic E-state index is 0.560. The van der Waals surface area contributed by atoms with Crippen molar-refractivity contribution in [1.29, 1.82) is 0 Å². The van der Waals surface area contributed by atoms with Gasteiger partial charge in [0.2, 0.25) is 0 Å². The Hall–Kier alpha value is -7.68. The van der Waals surface area contributed by atoms with Gasteiger partial charge in [0, 0.05) is 27.6 Å². The molecule has 1 aliphatic rings. The van der Waals surface area contributed by atoms with Crippen LogP contribution >= 0.6 is 0 Å². The highest BCUT2D eigenvalue weighted by atomic mass is 16.3. The van der Waals surface area contributed by atoms with Gasteiger partial charge in [-0.1, -0.05) is 195 Å². The van der Waals surface area contributed by atoms with Gasteiger partial charge in [-0.15, -0.1) is 0 Å². The van der Waals surface area contributed by atoms with Crippen molar-refractivity contribution in [3.05, 3.63) is 224 Å². The Kier molecular flexibility index (Phi) is 9.64. The lowest BCUT2D eigenvalue weighted by Gasteiger charge is -2.31. The zero-order chi connectivity index (χ0) is 42.4. The Morgan fingerprint density at radius 3 is 1.89 bits per heavy atom. The number of hydrogen-bond donors (Lipinski definition) is 0. The average Bonchev–Trinajstić information content (AvgIpc) is 3.75. The lowest BCUT2D eigenvalue weighted by Crippen LogP contribution is -2.13. The molecule has 1 fully saturated rings. The van der Waals surface area contributed by atoms with Crippen molar-refractivity contribution in [1.82, 2.24) is 0 Å². The Morgan fingerprint density at radius 1 is 0.359 bits per heavy atom. The highest BCUT2D eigenvalue weighted by Crippen LogP contribution is 2.49. The number of hydrogen-bond acceptors (Lipinski definition) is 2. The molecule has 1 saturated carbocycles. The maximum atomic E-state index is 6.42. The third-order valence-electron chi connectivity index (χ3n) is 13.7. The van der Waals surface area contributed by atoms with Crippen molar-refractivity contribution in [2.24, 2.45) is 0 Å². The van der Waals surface area contributed by atoms with Crippen LogP contribution in [0.25, 0.3) is 88.0 Å². The molecule has 0 unspecified atom stereocenters. The van der Waals surface area contributed by atoms with Crippen molar-refractivity contribution in [3.63, 3.8) is 0 Å². The second-order valence-corrected chi connectivity index (χ2v) is 17.4. The second-order valence-electron chi connectivity index (χ2n) is 17.4. The zero-order valence-corrected chi connectivity index (χ0v) is 35.8. The summed E-state index contributed by atoms with van der Waals surface area (Å²) in [6, 6.07) is 80.3. The number of fused-ring (bicyclic) bond motifs is 5. The molecule has 2 heteroatoms. The van der Waals surface area contributed by atoms with Crippen LogP contribution in [0.5, 0.6) is 0 Å². The molecular weight excluding hydrogens is 775 g/mol. The maximum Gasteiger partial charge on any atom is 0.136 e. The first kappa shape index (κ1) is 38.0. The highest BCUT2D eigenvalue weighted by Gasteiger charge is 2.25. The number of para-hydroxylation sites is 2. The summed E-state index contributed by atoms with van der Waals surface area (Å²) >= 11 is 0. The van der Waals surface area contributed by atoms with Gasteiger partial charge in [0.05, 0.1) is 11.4 Å². The highest BCUT2D eigenvalue weighted by molar-refractivity contribution is 6.07. The monoisotopic (exact) mass is 821 g/mol. The van der Waals surface area contributed by atoms with Crippen LogP contribution < -0.4 is 4.90 Å². The van der Waals surface area contributed by atoms with Gasteiger partial charge in [-0.25, -0.2) is 0 Å². The summed E-state index contributed by atoms with van der Waals surface area (Å²) in [5.41, 5.74) is 16.0. The standard InChI is InChI=1S/C62H47NO/c1-3-17-43(18-4-1)52-37-36-48(51-30-14-22-42-21-7-8-27-50(42)51)40-59(52)63(49-26-13-25-46(39-49)47-35-38-56-55-29-10-12-34-60(55)64-61(56)41-47)58-33-11-9-28-54(58)57-32-16-24-45-23-15-31-53(62(45)57)44-19-5-2-6-20-44/h1,3-4,7-18,21-41,44H,2,5-6,19-20H2. The van der Waals surface area contributed by atoms with Crippen molar-refractivity contribution in [2.75, 3.05) is 4.90 Å². The minimum Gasteiger partial charge on any atom is -0.456 e. The third kappa shape index (κ3) is 6.74. The molecule has 0 radical (unpaired) electrons. The molecule has 0 atom stereocenters. The maximum absolute atomic E-state index is 6.42. The van der Waals surface area contributed by atoms with E-state index in [0.29, 0.717) is 5.92 Å². The van der Waals surface area contributed by atoms with Gasteiger partial charge in [-0.05, 0) is 122 Å². The number of anilines is 3. The molecule has 0 bridgehead atoms. The number of benzene rings is 10. The molecular formula is C62H47NO. The smallest absolute Gasteiger partial charge is 0.136 e. The summed E-state index contributed by atoms with van der Waals surface area (Å²) in [6.45, 7) is 0. The van der Waals surface area contributed by atoms with Crippen LogP contribution in [-0.2, 0) is 0 Å². The van der Waals surface area contributed by atoms with Gasteiger partial charge in [0.1, 0.15) is 11.2 Å². The van der Waals surface area contributed by atoms with Crippen molar-refractivity contribution in [2.45, 2.75) is 38.0 Å². The van der Waals surface area contributed by atoms with Crippen LogP contribution in [0.4, 0.5) is 17.1 Å². The summed E-state index contributed by atoms with van der Waals surface area (Å²) in [7, 11) is 0. The predicted molar refractivity (Wildman–Crippen MR) is 271 cm³/mol. The van der Waals surface area contributed by atoms with Gasteiger partial charge in [-0.3, -0.25) is 0 Å². The van der Waals surface area contributed by atoms with Crippen molar-refractivity contribution >= 4 is 60.5 Å². The zero-order valence-electron chi connectivity index (χ0n) is 35.8. The van der Waals surface area contributed by atoms with E-state index in [1.807, 2.05) is 6.07 Å². The summed E-state index contributed by atoms with van der Waals surface area (Å²) in [5.74, 6) is 0.560. The van der Waals surface area contributed by atoms with E-state index in [0.717, 1.165) is 55.7 Å². The van der Waals surface area contributed by atoms with Crippen molar-refractivity contribution < 1.29 is 4.42 Å². The van der Waals surface area contributed by atoms with Crippen LogP contribution in [0.15, 0.2) is 223 Å². The minimum atomic E-state index is 0.560.